The zero-order valence-electron chi connectivity index (χ0n) is 16.9. The number of nitrogens with zero attached hydrogens (tertiary/aromatic N) is 3. The molecule has 7 heteroatoms. The summed E-state index contributed by atoms with van der Waals surface area (Å²) in [5, 5.41) is 7.94. The number of aryl methyl sites for hydroxylation is 1. The minimum Gasteiger partial charge on any atom is -0.357 e. The first kappa shape index (κ1) is 23.1. The standard InChI is InChI=1S/C21H31N5S.HI/c1-3-22-21(24-12-9-20-25-15-17(2)27-20)23-11-6-13-26-14-10-18-7-4-5-8-19(18)16-26;/h4-5,7-8,15H,3,6,9-14,16H2,1-2H3,(H2,22,23,24);1H. The molecule has 1 aliphatic heterocycles. The minimum atomic E-state index is 0. The van der Waals surface area contributed by atoms with E-state index in [1.54, 1.807) is 11.3 Å². The Bertz CT molecular complexity index is 746. The number of aromatic nitrogens is 1. The lowest BCUT2D eigenvalue weighted by Gasteiger charge is -2.28. The van der Waals surface area contributed by atoms with E-state index in [9.17, 15) is 0 Å². The summed E-state index contributed by atoms with van der Waals surface area (Å²) in [5.41, 5.74) is 3.00. The van der Waals surface area contributed by atoms with Gasteiger partial charge in [-0.15, -0.1) is 35.3 Å². The van der Waals surface area contributed by atoms with Crippen molar-refractivity contribution in [2.45, 2.75) is 39.7 Å². The third-order valence-electron chi connectivity index (χ3n) is 4.76. The van der Waals surface area contributed by atoms with E-state index < -0.39 is 0 Å². The average Bonchev–Trinajstić information content (AvgIpc) is 3.10. The van der Waals surface area contributed by atoms with Gasteiger partial charge in [0.15, 0.2) is 5.96 Å². The molecule has 0 bridgehead atoms. The smallest absolute Gasteiger partial charge is 0.191 e. The van der Waals surface area contributed by atoms with Crippen LogP contribution < -0.4 is 10.6 Å². The van der Waals surface area contributed by atoms with E-state index >= 15 is 0 Å². The van der Waals surface area contributed by atoms with Gasteiger partial charge in [-0.25, -0.2) is 4.98 Å². The Morgan fingerprint density at radius 1 is 1.25 bits per heavy atom. The van der Waals surface area contributed by atoms with E-state index in [-0.39, 0.29) is 24.0 Å². The fourth-order valence-electron chi connectivity index (χ4n) is 3.38. The van der Waals surface area contributed by atoms with Crippen molar-refractivity contribution in [3.05, 3.63) is 51.5 Å². The van der Waals surface area contributed by atoms with Crippen LogP contribution in [0.3, 0.4) is 0 Å². The second-order valence-electron chi connectivity index (χ2n) is 6.95. The Labute approximate surface area is 190 Å². The number of fused-ring (bicyclic) bond motifs is 1. The van der Waals surface area contributed by atoms with Crippen molar-refractivity contribution in [1.82, 2.24) is 20.5 Å². The molecule has 1 aromatic carbocycles. The van der Waals surface area contributed by atoms with Crippen LogP contribution in [0.5, 0.6) is 0 Å². The van der Waals surface area contributed by atoms with E-state index in [2.05, 4.69) is 58.6 Å². The van der Waals surface area contributed by atoms with Crippen molar-refractivity contribution in [1.29, 1.82) is 0 Å². The predicted octanol–water partition coefficient (Wildman–Crippen LogP) is 3.62. The van der Waals surface area contributed by atoms with E-state index in [1.165, 1.54) is 27.4 Å². The highest BCUT2D eigenvalue weighted by Gasteiger charge is 2.14. The zero-order chi connectivity index (χ0) is 18.9. The molecule has 0 saturated carbocycles. The van der Waals surface area contributed by atoms with Crippen LogP contribution in [0.4, 0.5) is 0 Å². The summed E-state index contributed by atoms with van der Waals surface area (Å²) in [5.74, 6) is 0.912. The molecule has 3 rings (SSSR count). The van der Waals surface area contributed by atoms with Crippen molar-refractivity contribution in [3.63, 3.8) is 0 Å². The van der Waals surface area contributed by atoms with Crippen LogP contribution in [-0.2, 0) is 19.4 Å². The molecule has 2 aromatic rings. The highest BCUT2D eigenvalue weighted by molar-refractivity contribution is 14.0. The fraction of sp³-hybridized carbons (Fsp3) is 0.524. The second kappa shape index (κ2) is 12.4. The number of nitrogens with one attached hydrogen (secondary N) is 2. The van der Waals surface area contributed by atoms with E-state index in [4.69, 9.17) is 4.99 Å². The fourth-order valence-corrected chi connectivity index (χ4v) is 4.16. The second-order valence-corrected chi connectivity index (χ2v) is 8.27. The topological polar surface area (TPSA) is 52.6 Å². The number of rotatable bonds is 8. The van der Waals surface area contributed by atoms with Crippen molar-refractivity contribution < 1.29 is 0 Å². The molecule has 0 atom stereocenters. The highest BCUT2D eigenvalue weighted by atomic mass is 127. The summed E-state index contributed by atoms with van der Waals surface area (Å²) in [6, 6.07) is 8.82. The lowest BCUT2D eigenvalue weighted by molar-refractivity contribution is 0.252. The highest BCUT2D eigenvalue weighted by Crippen LogP contribution is 2.18. The summed E-state index contributed by atoms with van der Waals surface area (Å²) >= 11 is 1.77. The largest absolute Gasteiger partial charge is 0.357 e. The molecule has 0 unspecified atom stereocenters. The number of thiazole rings is 1. The minimum absolute atomic E-state index is 0. The van der Waals surface area contributed by atoms with E-state index in [0.29, 0.717) is 0 Å². The van der Waals surface area contributed by atoms with Gasteiger partial charge in [0.2, 0.25) is 0 Å². The van der Waals surface area contributed by atoms with Gasteiger partial charge in [0, 0.05) is 56.8 Å². The van der Waals surface area contributed by atoms with Gasteiger partial charge in [0.1, 0.15) is 0 Å². The molecule has 154 valence electrons. The molecule has 2 heterocycles. The molecule has 0 aliphatic carbocycles. The summed E-state index contributed by atoms with van der Waals surface area (Å²) in [6.45, 7) is 10.1. The number of hydrogen-bond donors (Lipinski definition) is 2. The number of benzene rings is 1. The Morgan fingerprint density at radius 3 is 2.82 bits per heavy atom. The van der Waals surface area contributed by atoms with Crippen molar-refractivity contribution >= 4 is 41.3 Å². The summed E-state index contributed by atoms with van der Waals surface area (Å²) in [6.07, 6.45) is 5.14. The molecule has 5 nitrogen and oxygen atoms in total. The molecular weight excluding hydrogens is 481 g/mol. The van der Waals surface area contributed by atoms with Crippen LogP contribution >= 0.6 is 35.3 Å². The van der Waals surface area contributed by atoms with Gasteiger partial charge in [-0.05, 0) is 37.8 Å². The van der Waals surface area contributed by atoms with Gasteiger partial charge in [-0.3, -0.25) is 9.89 Å². The van der Waals surface area contributed by atoms with E-state index in [1.807, 2.05) is 6.20 Å². The summed E-state index contributed by atoms with van der Waals surface area (Å²) < 4.78 is 0. The number of aliphatic imine (C=N–C) groups is 1. The zero-order valence-corrected chi connectivity index (χ0v) is 20.1. The molecular formula is C21H32IN5S. The monoisotopic (exact) mass is 513 g/mol. The molecule has 2 N–H and O–H groups in total. The normalized spacial score (nSPS) is 14.3. The third kappa shape index (κ3) is 7.33. The number of halogens is 1. The Morgan fingerprint density at radius 2 is 2.07 bits per heavy atom. The van der Waals surface area contributed by atoms with Gasteiger partial charge in [-0.2, -0.15) is 0 Å². The molecule has 0 radical (unpaired) electrons. The lowest BCUT2D eigenvalue weighted by atomic mass is 10.00. The van der Waals surface area contributed by atoms with Crippen LogP contribution in [0.15, 0.2) is 35.5 Å². The quantitative estimate of drug-likeness (QED) is 0.245. The maximum atomic E-state index is 4.73. The van der Waals surface area contributed by atoms with Crippen LogP contribution in [0, 0.1) is 6.92 Å². The van der Waals surface area contributed by atoms with Gasteiger partial charge in [0.05, 0.1) is 5.01 Å². The lowest BCUT2D eigenvalue weighted by Crippen LogP contribution is -2.38. The molecule has 28 heavy (non-hydrogen) atoms. The molecule has 1 aromatic heterocycles. The molecule has 0 fully saturated rings. The first-order valence-corrected chi connectivity index (χ1v) is 10.8. The maximum absolute atomic E-state index is 4.73. The van der Waals surface area contributed by atoms with Crippen molar-refractivity contribution in [2.75, 3.05) is 32.7 Å². The Kier molecular flexibility index (Phi) is 10.2. The third-order valence-corrected chi connectivity index (χ3v) is 5.73. The molecule has 0 saturated heterocycles. The predicted molar refractivity (Wildman–Crippen MR) is 130 cm³/mol. The summed E-state index contributed by atoms with van der Waals surface area (Å²) in [4.78, 5) is 13.0. The van der Waals surface area contributed by atoms with Gasteiger partial charge in [-0.1, -0.05) is 24.3 Å². The first-order chi connectivity index (χ1) is 13.2. The number of hydrogen-bond acceptors (Lipinski definition) is 4. The maximum Gasteiger partial charge on any atom is 0.191 e. The average molecular weight is 513 g/mol. The SMILES string of the molecule is CCNC(=NCCCN1CCc2ccccc2C1)NCCc1ncc(C)s1.I. The van der Waals surface area contributed by atoms with Crippen LogP contribution in [0.2, 0.25) is 0 Å². The van der Waals surface area contributed by atoms with Gasteiger partial charge in [0.25, 0.3) is 0 Å². The van der Waals surface area contributed by atoms with Crippen molar-refractivity contribution in [2.24, 2.45) is 4.99 Å². The van der Waals surface area contributed by atoms with Crippen molar-refractivity contribution in [3.8, 4) is 0 Å². The first-order valence-electron chi connectivity index (χ1n) is 9.97. The Balaban J connectivity index is 0.00000280. The Hall–Kier alpha value is -1.19. The number of guanidine groups is 1. The summed E-state index contributed by atoms with van der Waals surface area (Å²) in [7, 11) is 0. The van der Waals surface area contributed by atoms with E-state index in [0.717, 1.165) is 58.1 Å². The van der Waals surface area contributed by atoms with Gasteiger partial charge >= 0.3 is 0 Å². The van der Waals surface area contributed by atoms with Gasteiger partial charge < -0.3 is 10.6 Å². The van der Waals surface area contributed by atoms with Crippen LogP contribution in [-0.4, -0.2) is 48.6 Å². The molecule has 0 spiro atoms. The van der Waals surface area contributed by atoms with Crippen LogP contribution in [0.25, 0.3) is 0 Å². The molecule has 1 aliphatic rings. The molecule has 0 amide bonds. The van der Waals surface area contributed by atoms with Crippen LogP contribution in [0.1, 0.15) is 34.4 Å².